The van der Waals surface area contributed by atoms with E-state index in [0.29, 0.717) is 21.3 Å². The first kappa shape index (κ1) is 32.4. The minimum atomic E-state index is -3.86. The second-order valence-corrected chi connectivity index (χ2v) is 13.9. The van der Waals surface area contributed by atoms with Crippen molar-refractivity contribution < 1.29 is 18.0 Å². The fourth-order valence-electron chi connectivity index (χ4n) is 4.44. The predicted molar refractivity (Wildman–Crippen MR) is 167 cm³/mol. The molecule has 0 unspecified atom stereocenters. The summed E-state index contributed by atoms with van der Waals surface area (Å²) < 4.78 is 27.1. The van der Waals surface area contributed by atoms with E-state index >= 15 is 0 Å². The lowest BCUT2D eigenvalue weighted by molar-refractivity contribution is -0.140. The van der Waals surface area contributed by atoms with Crippen LogP contribution in [0.2, 0.25) is 10.0 Å². The van der Waals surface area contributed by atoms with Crippen LogP contribution in [0.15, 0.2) is 66.7 Å². The van der Waals surface area contributed by atoms with Crippen molar-refractivity contribution in [3.05, 3.63) is 99.0 Å². The second kappa shape index (κ2) is 13.3. The van der Waals surface area contributed by atoms with Gasteiger partial charge < -0.3 is 10.2 Å². The van der Waals surface area contributed by atoms with E-state index in [2.05, 4.69) is 5.32 Å². The molecule has 3 aromatic carbocycles. The Hall–Kier alpha value is -3.07. The molecule has 0 aromatic heterocycles. The molecule has 0 aliphatic heterocycles. The van der Waals surface area contributed by atoms with Crippen molar-refractivity contribution >= 4 is 50.7 Å². The molecule has 0 aliphatic rings. The molecule has 220 valence electrons. The molecule has 3 rings (SSSR count). The average Bonchev–Trinajstić information content (AvgIpc) is 2.87. The number of hydrogen-bond donors (Lipinski definition) is 1. The van der Waals surface area contributed by atoms with Crippen LogP contribution in [0.1, 0.15) is 43.0 Å². The van der Waals surface area contributed by atoms with E-state index in [0.717, 1.165) is 27.3 Å². The van der Waals surface area contributed by atoms with Crippen LogP contribution in [-0.2, 0) is 32.6 Å². The Bertz CT molecular complexity index is 1510. The molecule has 2 amide bonds. The SMILES string of the molecule is Cc1cccc(N(CC(=O)N(Cc2ccc(Cl)c(Cl)c2)[C@H](Cc2ccccc2)C(=O)NC(C)(C)C)S(C)(=O)=O)c1C. The van der Waals surface area contributed by atoms with Crippen LogP contribution < -0.4 is 9.62 Å². The van der Waals surface area contributed by atoms with Crippen molar-refractivity contribution in [3.8, 4) is 0 Å². The maximum Gasteiger partial charge on any atom is 0.244 e. The lowest BCUT2D eigenvalue weighted by Crippen LogP contribution is -2.56. The number of sulfonamides is 1. The Morgan fingerprint density at radius 2 is 1.56 bits per heavy atom. The highest BCUT2D eigenvalue weighted by Crippen LogP contribution is 2.27. The summed E-state index contributed by atoms with van der Waals surface area (Å²) in [5.74, 6) is -0.889. The molecule has 1 N–H and O–H groups in total. The van der Waals surface area contributed by atoms with Gasteiger partial charge >= 0.3 is 0 Å². The summed E-state index contributed by atoms with van der Waals surface area (Å²) in [6.07, 6.45) is 1.29. The van der Waals surface area contributed by atoms with Gasteiger partial charge in [-0.25, -0.2) is 8.42 Å². The van der Waals surface area contributed by atoms with Gasteiger partial charge in [0.1, 0.15) is 12.6 Å². The zero-order valence-electron chi connectivity index (χ0n) is 24.2. The maximum absolute atomic E-state index is 14.2. The average molecular weight is 619 g/mol. The molecule has 0 aliphatic carbocycles. The molecular formula is C31H37Cl2N3O4S. The Balaban J connectivity index is 2.12. The molecule has 0 saturated heterocycles. The quantitative estimate of drug-likeness (QED) is 0.305. The first-order valence-corrected chi connectivity index (χ1v) is 15.8. The molecule has 3 aromatic rings. The third kappa shape index (κ3) is 8.96. The number of nitrogens with zero attached hydrogens (tertiary/aromatic N) is 2. The van der Waals surface area contributed by atoms with Crippen LogP contribution in [0.4, 0.5) is 5.69 Å². The summed E-state index contributed by atoms with van der Waals surface area (Å²) in [5.41, 5.74) is 2.97. The van der Waals surface area contributed by atoms with Crippen LogP contribution >= 0.6 is 23.2 Å². The minimum Gasteiger partial charge on any atom is -0.350 e. The van der Waals surface area contributed by atoms with Crippen molar-refractivity contribution in [3.63, 3.8) is 0 Å². The largest absolute Gasteiger partial charge is 0.350 e. The number of aryl methyl sites for hydroxylation is 1. The number of halogens is 2. The predicted octanol–water partition coefficient (Wildman–Crippen LogP) is 5.93. The molecule has 0 saturated carbocycles. The molecule has 0 bridgehead atoms. The molecular weight excluding hydrogens is 581 g/mol. The van der Waals surface area contributed by atoms with Gasteiger partial charge in [-0.3, -0.25) is 13.9 Å². The van der Waals surface area contributed by atoms with Crippen LogP contribution in [0.3, 0.4) is 0 Å². The number of benzene rings is 3. The Kier molecular flexibility index (Phi) is 10.5. The van der Waals surface area contributed by atoms with Crippen LogP contribution in [-0.4, -0.2) is 49.5 Å². The zero-order chi connectivity index (χ0) is 30.5. The van der Waals surface area contributed by atoms with Gasteiger partial charge in [-0.05, 0) is 75.1 Å². The van der Waals surface area contributed by atoms with Gasteiger partial charge in [0.15, 0.2) is 0 Å². The van der Waals surface area contributed by atoms with E-state index in [4.69, 9.17) is 23.2 Å². The van der Waals surface area contributed by atoms with Crippen LogP contribution in [0.5, 0.6) is 0 Å². The van der Waals surface area contributed by atoms with Gasteiger partial charge in [-0.2, -0.15) is 0 Å². The van der Waals surface area contributed by atoms with E-state index < -0.39 is 34.1 Å². The zero-order valence-corrected chi connectivity index (χ0v) is 26.6. The molecule has 7 nitrogen and oxygen atoms in total. The van der Waals surface area contributed by atoms with Gasteiger partial charge in [0.25, 0.3) is 0 Å². The Morgan fingerprint density at radius 1 is 0.902 bits per heavy atom. The van der Waals surface area contributed by atoms with Gasteiger partial charge in [0.2, 0.25) is 21.8 Å². The van der Waals surface area contributed by atoms with Crippen LogP contribution in [0.25, 0.3) is 0 Å². The fraction of sp³-hybridized carbons (Fsp3) is 0.355. The van der Waals surface area contributed by atoms with Crippen LogP contribution in [0, 0.1) is 13.8 Å². The molecule has 10 heteroatoms. The molecule has 41 heavy (non-hydrogen) atoms. The van der Waals surface area contributed by atoms with Gasteiger partial charge in [-0.1, -0.05) is 71.7 Å². The van der Waals surface area contributed by atoms with Crippen molar-refractivity contribution in [1.82, 2.24) is 10.2 Å². The van der Waals surface area contributed by atoms with Crippen molar-refractivity contribution in [2.45, 2.75) is 59.2 Å². The summed E-state index contributed by atoms with van der Waals surface area (Å²) in [7, 11) is -3.86. The van der Waals surface area contributed by atoms with E-state index in [9.17, 15) is 18.0 Å². The Morgan fingerprint density at radius 3 is 2.15 bits per heavy atom. The third-order valence-corrected chi connectivity index (χ3v) is 8.50. The summed E-state index contributed by atoms with van der Waals surface area (Å²) in [5, 5.41) is 3.67. The Labute approximate surface area is 253 Å². The fourth-order valence-corrected chi connectivity index (χ4v) is 5.66. The van der Waals surface area contributed by atoms with E-state index in [1.807, 2.05) is 71.0 Å². The number of anilines is 1. The molecule has 0 spiro atoms. The summed E-state index contributed by atoms with van der Waals surface area (Å²) >= 11 is 12.4. The molecule has 0 radical (unpaired) electrons. The molecule has 0 heterocycles. The number of nitrogens with one attached hydrogen (secondary N) is 1. The topological polar surface area (TPSA) is 86.8 Å². The second-order valence-electron chi connectivity index (χ2n) is 11.2. The highest BCUT2D eigenvalue weighted by Gasteiger charge is 2.34. The lowest BCUT2D eigenvalue weighted by atomic mass is 10.0. The monoisotopic (exact) mass is 617 g/mol. The number of carbonyl (C=O) groups excluding carboxylic acids is 2. The standard InChI is InChI=1S/C31H37Cl2N3O4S/c1-21-11-10-14-27(22(21)2)36(41(6,39)40)20-29(37)35(19-24-15-16-25(32)26(33)17-24)28(30(38)34-31(3,4)5)18-23-12-8-7-9-13-23/h7-17,28H,18-20H2,1-6H3,(H,34,38)/t28-/m1/s1. The van der Waals surface area contributed by atoms with E-state index in [1.165, 1.54) is 4.90 Å². The number of carbonyl (C=O) groups is 2. The highest BCUT2D eigenvalue weighted by atomic mass is 35.5. The smallest absolute Gasteiger partial charge is 0.244 e. The lowest BCUT2D eigenvalue weighted by Gasteiger charge is -2.35. The molecule has 1 atom stereocenters. The summed E-state index contributed by atoms with van der Waals surface area (Å²) in [6.45, 7) is 8.80. The summed E-state index contributed by atoms with van der Waals surface area (Å²) in [6, 6.07) is 18.7. The number of rotatable bonds is 10. The van der Waals surface area contributed by atoms with Gasteiger partial charge in [0, 0.05) is 18.5 Å². The normalized spacial score (nSPS) is 12.5. The van der Waals surface area contributed by atoms with Gasteiger partial charge in [0.05, 0.1) is 22.0 Å². The minimum absolute atomic E-state index is 0.00911. The van der Waals surface area contributed by atoms with E-state index in [-0.39, 0.29) is 18.9 Å². The molecule has 0 fully saturated rings. The van der Waals surface area contributed by atoms with Crippen molar-refractivity contribution in [1.29, 1.82) is 0 Å². The first-order valence-electron chi connectivity index (χ1n) is 13.2. The number of amides is 2. The van der Waals surface area contributed by atoms with Crippen molar-refractivity contribution in [2.75, 3.05) is 17.1 Å². The number of hydrogen-bond acceptors (Lipinski definition) is 4. The van der Waals surface area contributed by atoms with Gasteiger partial charge in [-0.15, -0.1) is 0 Å². The maximum atomic E-state index is 14.2. The third-order valence-electron chi connectivity index (χ3n) is 6.63. The van der Waals surface area contributed by atoms with E-state index in [1.54, 1.807) is 30.3 Å². The highest BCUT2D eigenvalue weighted by molar-refractivity contribution is 7.92. The first-order chi connectivity index (χ1) is 19.1. The summed E-state index contributed by atoms with van der Waals surface area (Å²) in [4.78, 5) is 29.4. The van der Waals surface area contributed by atoms with Crippen molar-refractivity contribution in [2.24, 2.45) is 0 Å².